The molecule has 1 aliphatic carbocycles. The van der Waals surface area contributed by atoms with Gasteiger partial charge in [0.05, 0.1) is 0 Å². The predicted octanol–water partition coefficient (Wildman–Crippen LogP) is -0.316. The normalized spacial score (nSPS) is 16.8. The third-order valence-electron chi connectivity index (χ3n) is 4.82. The fourth-order valence-corrected chi connectivity index (χ4v) is 4.70. The number of hydrogen-bond acceptors (Lipinski definition) is 5. The molecule has 9 heteroatoms. The summed E-state index contributed by atoms with van der Waals surface area (Å²) in [7, 11) is 0. The number of amides is 1. The Balaban J connectivity index is 0.00000121. The molecule has 3 heterocycles. The second-order valence-electron chi connectivity index (χ2n) is 6.38. The zero-order chi connectivity index (χ0) is 16.7. The van der Waals surface area contributed by atoms with Gasteiger partial charge in [-0.2, -0.15) is 12.5 Å². The first-order chi connectivity index (χ1) is 11.7. The van der Waals surface area contributed by atoms with E-state index < -0.39 is 0 Å². The van der Waals surface area contributed by atoms with E-state index >= 15 is 0 Å². The number of anilines is 1. The van der Waals surface area contributed by atoms with Crippen molar-refractivity contribution in [3.05, 3.63) is 24.0 Å². The first-order valence-electron chi connectivity index (χ1n) is 8.46. The number of piperidine rings is 1. The summed E-state index contributed by atoms with van der Waals surface area (Å²) >= 11 is 1.55. The largest absolute Gasteiger partial charge is 1.00 e. The first kappa shape index (κ1) is 23.0. The fraction of sp³-hybridized carbons (Fsp3) is 0.529. The van der Waals surface area contributed by atoms with Crippen molar-refractivity contribution in [2.24, 2.45) is 0 Å². The minimum atomic E-state index is -0.0791. The van der Waals surface area contributed by atoms with E-state index in [2.05, 4.69) is 44.6 Å². The number of thiazole rings is 1. The summed E-state index contributed by atoms with van der Waals surface area (Å²) < 4.78 is 2.16. The van der Waals surface area contributed by atoms with Crippen LogP contribution in [0.25, 0.3) is 10.6 Å². The Labute approximate surface area is 221 Å². The van der Waals surface area contributed by atoms with E-state index in [1.165, 1.54) is 18.2 Å². The Kier molecular flexibility index (Phi) is 8.83. The molecule has 26 heavy (non-hydrogen) atoms. The van der Waals surface area contributed by atoms with Gasteiger partial charge < -0.3 is 20.0 Å². The van der Waals surface area contributed by atoms with E-state index in [1.54, 1.807) is 11.3 Å². The summed E-state index contributed by atoms with van der Waals surface area (Å²) in [6.45, 7) is 7.92. The van der Waals surface area contributed by atoms with Crippen LogP contribution in [-0.4, -0.2) is 38.7 Å². The van der Waals surface area contributed by atoms with Crippen molar-refractivity contribution in [1.82, 2.24) is 19.7 Å². The monoisotopic (exact) mass is 615 g/mol. The average Bonchev–Trinajstić information content (AvgIpc) is 3.17. The number of carbonyl (C=O) groups is 1. The quantitative estimate of drug-likeness (QED) is 0.482. The molecule has 1 N–H and O–H groups in total. The van der Waals surface area contributed by atoms with Crippen LogP contribution >= 0.6 is 11.3 Å². The average molecular weight is 615 g/mol. The van der Waals surface area contributed by atoms with Crippen molar-refractivity contribution in [3.63, 3.8) is 0 Å². The van der Waals surface area contributed by atoms with E-state index in [4.69, 9.17) is 0 Å². The molecule has 0 bridgehead atoms. The van der Waals surface area contributed by atoms with E-state index in [1.807, 2.05) is 0 Å². The smallest absolute Gasteiger partial charge is 0.456 e. The fourth-order valence-electron chi connectivity index (χ4n) is 3.58. The number of aromatic nitrogens is 3. The molecule has 2 aliphatic rings. The van der Waals surface area contributed by atoms with Crippen molar-refractivity contribution < 1.29 is 83.4 Å². The third-order valence-corrected chi connectivity index (χ3v) is 5.84. The molecule has 0 atom stereocenters. The maximum atomic E-state index is 11.3. The number of aryl methyl sites for hydroxylation is 2. The van der Waals surface area contributed by atoms with E-state index in [0.717, 1.165) is 49.3 Å². The van der Waals surface area contributed by atoms with Gasteiger partial charge in [-0.25, -0.2) is 4.98 Å². The van der Waals surface area contributed by atoms with E-state index in [9.17, 15) is 4.79 Å². The zero-order valence-corrected chi connectivity index (χ0v) is 23.8. The Morgan fingerprint density at radius 2 is 2.08 bits per heavy atom. The van der Waals surface area contributed by atoms with Gasteiger partial charge in [-0.3, -0.25) is 11.3 Å². The number of rotatable bonds is 3. The van der Waals surface area contributed by atoms with Gasteiger partial charge >= 0.3 is 58.2 Å². The van der Waals surface area contributed by atoms with Crippen molar-refractivity contribution >= 4 is 22.4 Å². The Hall–Kier alpha value is 0.738. The molecule has 1 amide bonds. The molecular formula is C17H21N5ORbReS-. The molecule has 0 spiro atoms. The van der Waals surface area contributed by atoms with Crippen LogP contribution in [-0.2, 0) is 38.1 Å². The van der Waals surface area contributed by atoms with Crippen molar-refractivity contribution in [2.75, 3.05) is 18.4 Å². The Bertz CT molecular complexity index is 769. The summed E-state index contributed by atoms with van der Waals surface area (Å²) in [5.41, 5.74) is 3.43. The maximum absolute atomic E-state index is 11.3. The van der Waals surface area contributed by atoms with Gasteiger partial charge in [-0.05, 0) is 37.2 Å². The number of nitrogens with zero attached hydrogens (tertiary/aromatic N) is 4. The van der Waals surface area contributed by atoms with Gasteiger partial charge in [-0.15, -0.1) is 17.5 Å². The number of carbonyl (C=O) groups excluding carboxylic acids is 1. The zero-order valence-electron chi connectivity index (χ0n) is 15.4. The Morgan fingerprint density at radius 3 is 2.73 bits per heavy atom. The minimum absolute atomic E-state index is 0. The molecular weight excluding hydrogens is 594 g/mol. The summed E-state index contributed by atoms with van der Waals surface area (Å²) in [5.74, 6) is -0.0791. The van der Waals surface area contributed by atoms with E-state index in [-0.39, 0.29) is 84.5 Å². The topological polar surface area (TPSA) is 63.1 Å². The molecule has 1 aliphatic heterocycles. The number of fused-ring (bicyclic) bond motifs is 3. The van der Waals surface area contributed by atoms with Gasteiger partial charge in [0.2, 0.25) is 5.91 Å². The molecule has 6 nitrogen and oxygen atoms in total. The molecule has 0 saturated carbocycles. The molecule has 0 aromatic carbocycles. The van der Waals surface area contributed by atoms with E-state index in [0.29, 0.717) is 11.2 Å². The van der Waals surface area contributed by atoms with Crippen LogP contribution in [0.5, 0.6) is 0 Å². The summed E-state index contributed by atoms with van der Waals surface area (Å²) in [6, 6.07) is 0.415. The van der Waals surface area contributed by atoms with Crippen molar-refractivity contribution in [3.8, 4) is 10.6 Å². The van der Waals surface area contributed by atoms with Gasteiger partial charge in [0.15, 0.2) is 5.13 Å². The molecule has 2 aromatic heterocycles. The molecule has 4 rings (SSSR count). The number of hydrogen-bond donors (Lipinski definition) is 1. The second kappa shape index (κ2) is 9.97. The predicted molar refractivity (Wildman–Crippen MR) is 93.7 cm³/mol. The molecule has 2 aromatic rings. The SMILES string of the molecule is C[CH-]N1CCC(n2n[c-]c3c2-c2sc(NC(C)=O)nc2CC3)CC1.[Rb+].[Re]. The van der Waals surface area contributed by atoms with Crippen molar-refractivity contribution in [1.29, 1.82) is 0 Å². The van der Waals surface area contributed by atoms with Crippen LogP contribution < -0.4 is 63.5 Å². The van der Waals surface area contributed by atoms with Crippen molar-refractivity contribution in [2.45, 2.75) is 45.6 Å². The molecule has 135 valence electrons. The Morgan fingerprint density at radius 1 is 1.35 bits per heavy atom. The summed E-state index contributed by atoms with van der Waals surface area (Å²) in [4.78, 5) is 19.4. The van der Waals surface area contributed by atoms with Gasteiger partial charge in [0, 0.05) is 39.1 Å². The van der Waals surface area contributed by atoms with Crippen LogP contribution in [0.4, 0.5) is 5.13 Å². The van der Waals surface area contributed by atoms with Crippen LogP contribution in [0.3, 0.4) is 0 Å². The maximum Gasteiger partial charge on any atom is 1.00 e. The van der Waals surface area contributed by atoms with Crippen LogP contribution in [0.2, 0.25) is 0 Å². The van der Waals surface area contributed by atoms with Crippen LogP contribution in [0.1, 0.15) is 44.0 Å². The van der Waals surface area contributed by atoms with Gasteiger partial charge in [-0.1, -0.05) is 12.1 Å². The summed E-state index contributed by atoms with van der Waals surface area (Å²) in [5, 5.41) is 8.09. The molecule has 0 unspecified atom stereocenters. The van der Waals surface area contributed by atoms with Crippen LogP contribution in [0.15, 0.2) is 0 Å². The molecule has 1 fully saturated rings. The standard InChI is InChI=1S/C17H21N5OS.Rb.Re/c1-3-21-8-6-13(7-9-21)22-15-12(10-18-22)4-5-14-16(15)24-17(20-14)19-11(2)23;;/h3,13H,4-9H2,1-2H3,(H,19,20,23);;/q-2;+1;. The third kappa shape index (κ3) is 4.65. The van der Waals surface area contributed by atoms with Gasteiger partial charge in [0.1, 0.15) is 0 Å². The first-order valence-corrected chi connectivity index (χ1v) is 9.27. The second-order valence-corrected chi connectivity index (χ2v) is 7.38. The molecule has 1 radical (unpaired) electrons. The summed E-state index contributed by atoms with van der Waals surface area (Å²) in [6.07, 6.45) is 7.23. The number of nitrogens with one attached hydrogen (secondary N) is 1. The molecule has 1 saturated heterocycles. The van der Waals surface area contributed by atoms with Crippen LogP contribution in [0, 0.1) is 12.7 Å². The number of likely N-dealkylation sites (tertiary alicyclic amines) is 1. The minimum Gasteiger partial charge on any atom is -0.456 e. The van der Waals surface area contributed by atoms with Gasteiger partial charge in [0.25, 0.3) is 0 Å².